The van der Waals surface area contributed by atoms with E-state index in [0.29, 0.717) is 6.61 Å². The lowest BCUT2D eigenvalue weighted by molar-refractivity contribution is 0.121. The summed E-state index contributed by atoms with van der Waals surface area (Å²) in [6, 6.07) is 8.19. The Bertz CT molecular complexity index is 543. The van der Waals surface area contributed by atoms with Crippen LogP contribution in [0.3, 0.4) is 0 Å². The van der Waals surface area contributed by atoms with Crippen LogP contribution < -0.4 is 0 Å². The summed E-state index contributed by atoms with van der Waals surface area (Å²) in [6.07, 6.45) is 2.05. The third-order valence-electron chi connectivity index (χ3n) is 3.79. The Balaban J connectivity index is 1.79. The first-order chi connectivity index (χ1) is 9.74. The van der Waals surface area contributed by atoms with Crippen molar-refractivity contribution >= 4 is 11.5 Å². The average Bonchev–Trinajstić information content (AvgIpc) is 2.49. The number of fused-ring (bicyclic) bond motifs is 1. The van der Waals surface area contributed by atoms with Crippen LogP contribution in [0.5, 0.6) is 0 Å². The molecule has 2 heterocycles. The highest BCUT2D eigenvalue weighted by Crippen LogP contribution is 2.18. The number of hydrogen-bond donors (Lipinski definition) is 0. The highest BCUT2D eigenvalue weighted by molar-refractivity contribution is 6.00. The Morgan fingerprint density at radius 1 is 1.25 bits per heavy atom. The fourth-order valence-electron chi connectivity index (χ4n) is 2.55. The molecule has 0 saturated carbocycles. The van der Waals surface area contributed by atoms with E-state index < -0.39 is 0 Å². The number of amidine groups is 1. The smallest absolute Gasteiger partial charge is 0.195 e. The van der Waals surface area contributed by atoms with Gasteiger partial charge in [-0.3, -0.25) is 0 Å². The number of oxime groups is 1. The molecule has 0 aromatic heterocycles. The molecular weight excluding hydrogens is 252 g/mol. The van der Waals surface area contributed by atoms with E-state index in [1.54, 1.807) is 0 Å². The molecule has 0 N–H and O–H groups in total. The fourth-order valence-corrected chi connectivity index (χ4v) is 2.55. The van der Waals surface area contributed by atoms with Gasteiger partial charge in [0, 0.05) is 49.8 Å². The predicted molar refractivity (Wildman–Crippen MR) is 79.7 cm³/mol. The molecule has 0 spiro atoms. The predicted octanol–water partition coefficient (Wildman–Crippen LogP) is 1.89. The zero-order chi connectivity index (χ0) is 13.9. The third kappa shape index (κ3) is 2.67. The van der Waals surface area contributed by atoms with Gasteiger partial charge in [-0.2, -0.15) is 5.10 Å². The molecule has 1 aromatic carbocycles. The van der Waals surface area contributed by atoms with E-state index in [1.807, 2.05) is 24.2 Å². The van der Waals surface area contributed by atoms with Gasteiger partial charge in [0.05, 0.1) is 0 Å². The minimum atomic E-state index is 0.537. The molecule has 0 unspecified atom stereocenters. The van der Waals surface area contributed by atoms with Gasteiger partial charge < -0.3 is 9.74 Å². The standard InChI is InChI=1S/C15H20N4O/c1-18-9-7-13(8-10-18)16-19(2)15-14-6-4-3-5-12(14)11-20-17-15/h3-6H,7-11H2,1-2H3. The first-order valence-corrected chi connectivity index (χ1v) is 7.01. The highest BCUT2D eigenvalue weighted by Gasteiger charge is 2.19. The summed E-state index contributed by atoms with van der Waals surface area (Å²) >= 11 is 0. The summed E-state index contributed by atoms with van der Waals surface area (Å²) < 4.78 is 0. The molecule has 0 bridgehead atoms. The molecule has 2 aliphatic heterocycles. The summed E-state index contributed by atoms with van der Waals surface area (Å²) in [4.78, 5) is 7.63. The van der Waals surface area contributed by atoms with Gasteiger partial charge in [0.15, 0.2) is 5.84 Å². The van der Waals surface area contributed by atoms with Crippen LogP contribution >= 0.6 is 0 Å². The van der Waals surface area contributed by atoms with Crippen molar-refractivity contribution < 1.29 is 4.84 Å². The normalized spacial score (nSPS) is 18.9. The summed E-state index contributed by atoms with van der Waals surface area (Å²) in [6.45, 7) is 2.69. The third-order valence-corrected chi connectivity index (χ3v) is 3.79. The van der Waals surface area contributed by atoms with Crippen molar-refractivity contribution in [2.45, 2.75) is 19.4 Å². The largest absolute Gasteiger partial charge is 0.389 e. The van der Waals surface area contributed by atoms with Crippen LogP contribution in [0.2, 0.25) is 0 Å². The molecule has 0 aliphatic carbocycles. The molecule has 5 nitrogen and oxygen atoms in total. The lowest BCUT2D eigenvalue weighted by Crippen LogP contribution is -2.33. The minimum absolute atomic E-state index is 0.537. The Kier molecular flexibility index (Phi) is 3.69. The Morgan fingerprint density at radius 2 is 2.00 bits per heavy atom. The van der Waals surface area contributed by atoms with Gasteiger partial charge in [0.25, 0.3) is 0 Å². The summed E-state index contributed by atoms with van der Waals surface area (Å²) in [5.41, 5.74) is 3.50. The topological polar surface area (TPSA) is 40.4 Å². The van der Waals surface area contributed by atoms with Gasteiger partial charge in [-0.05, 0) is 7.05 Å². The van der Waals surface area contributed by atoms with E-state index in [0.717, 1.165) is 42.9 Å². The molecule has 0 radical (unpaired) electrons. The second-order valence-electron chi connectivity index (χ2n) is 5.34. The van der Waals surface area contributed by atoms with Gasteiger partial charge >= 0.3 is 0 Å². The number of likely N-dealkylation sites (tertiary alicyclic amines) is 1. The first-order valence-electron chi connectivity index (χ1n) is 7.01. The number of rotatable bonds is 1. The van der Waals surface area contributed by atoms with Crippen LogP contribution in [0, 0.1) is 0 Å². The number of hydrazone groups is 1. The van der Waals surface area contributed by atoms with Crippen LogP contribution in [0.1, 0.15) is 24.0 Å². The monoisotopic (exact) mass is 272 g/mol. The first kappa shape index (κ1) is 13.1. The molecule has 2 aliphatic rings. The van der Waals surface area contributed by atoms with Crippen LogP contribution in [-0.4, -0.2) is 48.6 Å². The molecule has 1 saturated heterocycles. The van der Waals surface area contributed by atoms with Crippen molar-refractivity contribution in [3.05, 3.63) is 35.4 Å². The van der Waals surface area contributed by atoms with Crippen molar-refractivity contribution in [2.24, 2.45) is 10.3 Å². The minimum Gasteiger partial charge on any atom is -0.389 e. The quantitative estimate of drug-likeness (QED) is 0.733. The maximum atomic E-state index is 5.30. The van der Waals surface area contributed by atoms with E-state index in [9.17, 15) is 0 Å². The van der Waals surface area contributed by atoms with Crippen molar-refractivity contribution in [1.82, 2.24) is 9.91 Å². The Morgan fingerprint density at radius 3 is 2.80 bits per heavy atom. The molecule has 5 heteroatoms. The summed E-state index contributed by atoms with van der Waals surface area (Å²) in [7, 11) is 4.09. The fraction of sp³-hybridized carbons (Fsp3) is 0.467. The highest BCUT2D eigenvalue weighted by atomic mass is 16.6. The SMILES string of the molecule is CN1CCC(=NN(C)C2=NOCc3ccccc32)CC1. The van der Waals surface area contributed by atoms with Gasteiger partial charge in [0.1, 0.15) is 6.61 Å². The maximum absolute atomic E-state index is 5.30. The number of hydrogen-bond acceptors (Lipinski definition) is 5. The van der Waals surface area contributed by atoms with E-state index in [-0.39, 0.29) is 0 Å². The maximum Gasteiger partial charge on any atom is 0.195 e. The molecule has 20 heavy (non-hydrogen) atoms. The zero-order valence-electron chi connectivity index (χ0n) is 12.0. The van der Waals surface area contributed by atoms with Crippen LogP contribution in [0.4, 0.5) is 0 Å². The van der Waals surface area contributed by atoms with Crippen molar-refractivity contribution in [1.29, 1.82) is 0 Å². The average molecular weight is 272 g/mol. The number of nitrogens with zero attached hydrogens (tertiary/aromatic N) is 4. The van der Waals surface area contributed by atoms with Crippen molar-refractivity contribution in [3.63, 3.8) is 0 Å². The molecular formula is C15H20N4O. The van der Waals surface area contributed by atoms with Crippen molar-refractivity contribution in [3.8, 4) is 0 Å². The zero-order valence-corrected chi connectivity index (χ0v) is 12.0. The molecule has 3 rings (SSSR count). The van der Waals surface area contributed by atoms with E-state index >= 15 is 0 Å². The second kappa shape index (κ2) is 5.63. The second-order valence-corrected chi connectivity index (χ2v) is 5.34. The van der Waals surface area contributed by atoms with Gasteiger partial charge in [-0.25, -0.2) is 5.01 Å². The Labute approximate surface area is 119 Å². The number of piperidine rings is 1. The van der Waals surface area contributed by atoms with Gasteiger partial charge in [-0.1, -0.05) is 29.4 Å². The summed E-state index contributed by atoms with van der Waals surface area (Å²) in [5.74, 6) is 0.790. The van der Waals surface area contributed by atoms with Crippen LogP contribution in [-0.2, 0) is 11.4 Å². The molecule has 106 valence electrons. The van der Waals surface area contributed by atoms with E-state index in [1.165, 1.54) is 5.71 Å². The number of benzene rings is 1. The lowest BCUT2D eigenvalue weighted by atomic mass is 10.1. The van der Waals surface area contributed by atoms with Gasteiger partial charge in [0.2, 0.25) is 0 Å². The van der Waals surface area contributed by atoms with Crippen molar-refractivity contribution in [2.75, 3.05) is 27.2 Å². The lowest BCUT2D eigenvalue weighted by Gasteiger charge is -2.26. The molecule has 1 aromatic rings. The molecule has 0 amide bonds. The van der Waals surface area contributed by atoms with E-state index in [2.05, 4.69) is 29.2 Å². The van der Waals surface area contributed by atoms with Gasteiger partial charge in [-0.15, -0.1) is 0 Å². The Hall–Kier alpha value is -1.88. The van der Waals surface area contributed by atoms with Crippen LogP contribution in [0.15, 0.2) is 34.5 Å². The molecule has 1 fully saturated rings. The van der Waals surface area contributed by atoms with Crippen LogP contribution in [0.25, 0.3) is 0 Å². The summed E-state index contributed by atoms with van der Waals surface area (Å²) in [5, 5.41) is 10.7. The molecule has 0 atom stereocenters. The van der Waals surface area contributed by atoms with E-state index in [4.69, 9.17) is 9.94 Å².